The van der Waals surface area contributed by atoms with E-state index in [1.807, 2.05) is 31.3 Å². The summed E-state index contributed by atoms with van der Waals surface area (Å²) >= 11 is 0. The number of hydrogen-bond donors (Lipinski definition) is 2. The second-order valence-corrected chi connectivity index (χ2v) is 6.47. The Morgan fingerprint density at radius 3 is 2.88 bits per heavy atom. The standard InChI is InChI=1S/C17H27N5O.HI/c1-4-18-17(21-14-10-13-5-6-15(14)23-13)20-11-12-7-8-19-16(9-12)22(2)3;/h7-9,13-15H,4-6,10-11H2,1-3H3,(H2,18,20,21);1H. The van der Waals surface area contributed by atoms with E-state index in [1.54, 1.807) is 0 Å². The lowest BCUT2D eigenvalue weighted by Crippen LogP contribution is -2.47. The highest BCUT2D eigenvalue weighted by molar-refractivity contribution is 14.0. The number of guanidine groups is 1. The van der Waals surface area contributed by atoms with Crippen molar-refractivity contribution in [1.29, 1.82) is 0 Å². The molecular formula is C17H28IN5O. The molecule has 0 aliphatic carbocycles. The molecule has 0 radical (unpaired) electrons. The molecule has 1 aromatic rings. The van der Waals surface area contributed by atoms with Gasteiger partial charge in [-0.2, -0.15) is 0 Å². The lowest BCUT2D eigenvalue weighted by molar-refractivity contribution is 0.0992. The number of rotatable bonds is 5. The van der Waals surface area contributed by atoms with Crippen LogP contribution in [0.15, 0.2) is 23.3 Å². The number of aliphatic imine (C=N–C) groups is 1. The second kappa shape index (κ2) is 8.84. The van der Waals surface area contributed by atoms with Crippen LogP contribution in [-0.2, 0) is 11.3 Å². The molecule has 134 valence electrons. The predicted molar refractivity (Wildman–Crippen MR) is 108 cm³/mol. The minimum Gasteiger partial charge on any atom is -0.373 e. The molecule has 0 aromatic carbocycles. The third-order valence-corrected chi connectivity index (χ3v) is 4.46. The lowest BCUT2D eigenvalue weighted by Gasteiger charge is -2.22. The van der Waals surface area contributed by atoms with E-state index in [2.05, 4.69) is 28.6 Å². The van der Waals surface area contributed by atoms with Crippen LogP contribution in [0.25, 0.3) is 0 Å². The van der Waals surface area contributed by atoms with E-state index in [0.717, 1.165) is 36.7 Å². The third-order valence-electron chi connectivity index (χ3n) is 4.46. The smallest absolute Gasteiger partial charge is 0.191 e. The highest BCUT2D eigenvalue weighted by Gasteiger charge is 2.41. The molecular weight excluding hydrogens is 417 g/mol. The quantitative estimate of drug-likeness (QED) is 0.413. The molecule has 3 unspecified atom stereocenters. The molecule has 2 aliphatic rings. The van der Waals surface area contributed by atoms with Gasteiger partial charge >= 0.3 is 0 Å². The van der Waals surface area contributed by atoms with E-state index >= 15 is 0 Å². The van der Waals surface area contributed by atoms with Gasteiger partial charge in [-0.3, -0.25) is 0 Å². The molecule has 2 fully saturated rings. The fourth-order valence-corrected chi connectivity index (χ4v) is 3.26. The Balaban J connectivity index is 0.00000208. The van der Waals surface area contributed by atoms with Crippen LogP contribution < -0.4 is 15.5 Å². The fourth-order valence-electron chi connectivity index (χ4n) is 3.26. The number of nitrogens with one attached hydrogen (secondary N) is 2. The summed E-state index contributed by atoms with van der Waals surface area (Å²) in [4.78, 5) is 11.1. The van der Waals surface area contributed by atoms with Crippen molar-refractivity contribution in [2.24, 2.45) is 4.99 Å². The summed E-state index contributed by atoms with van der Waals surface area (Å²) in [5.74, 6) is 1.83. The van der Waals surface area contributed by atoms with Crippen molar-refractivity contribution in [1.82, 2.24) is 15.6 Å². The van der Waals surface area contributed by atoms with Gasteiger partial charge in [0.15, 0.2) is 5.96 Å². The summed E-state index contributed by atoms with van der Waals surface area (Å²) in [7, 11) is 3.99. The molecule has 24 heavy (non-hydrogen) atoms. The van der Waals surface area contributed by atoms with Crippen molar-refractivity contribution in [2.45, 2.75) is 51.0 Å². The Kier molecular flexibility index (Phi) is 7.09. The van der Waals surface area contributed by atoms with Crippen LogP contribution in [0.5, 0.6) is 0 Å². The number of pyridine rings is 1. The van der Waals surface area contributed by atoms with Crippen molar-refractivity contribution in [3.63, 3.8) is 0 Å². The Labute approximate surface area is 161 Å². The lowest BCUT2D eigenvalue weighted by atomic mass is 9.96. The van der Waals surface area contributed by atoms with Crippen molar-refractivity contribution < 1.29 is 4.74 Å². The van der Waals surface area contributed by atoms with Crippen LogP contribution in [0.1, 0.15) is 31.7 Å². The number of aromatic nitrogens is 1. The van der Waals surface area contributed by atoms with Gasteiger partial charge in [-0.05, 0) is 43.9 Å². The molecule has 3 atom stereocenters. The average molecular weight is 445 g/mol. The van der Waals surface area contributed by atoms with Gasteiger partial charge in [0.05, 0.1) is 24.8 Å². The largest absolute Gasteiger partial charge is 0.373 e. The van der Waals surface area contributed by atoms with Crippen molar-refractivity contribution in [3.05, 3.63) is 23.9 Å². The summed E-state index contributed by atoms with van der Waals surface area (Å²) in [5, 5.41) is 6.88. The number of halogens is 1. The summed E-state index contributed by atoms with van der Waals surface area (Å²) in [6.45, 7) is 3.58. The van der Waals surface area contributed by atoms with Gasteiger partial charge in [-0.1, -0.05) is 0 Å². The van der Waals surface area contributed by atoms with Gasteiger partial charge in [0.2, 0.25) is 0 Å². The second-order valence-electron chi connectivity index (χ2n) is 6.47. The number of fused-ring (bicyclic) bond motifs is 2. The van der Waals surface area contributed by atoms with E-state index < -0.39 is 0 Å². The van der Waals surface area contributed by atoms with Crippen LogP contribution in [0.4, 0.5) is 5.82 Å². The zero-order valence-electron chi connectivity index (χ0n) is 14.7. The Morgan fingerprint density at radius 2 is 2.25 bits per heavy atom. The van der Waals surface area contributed by atoms with Gasteiger partial charge in [-0.25, -0.2) is 9.98 Å². The molecule has 2 saturated heterocycles. The molecule has 3 heterocycles. The van der Waals surface area contributed by atoms with Crippen LogP contribution in [0, 0.1) is 0 Å². The van der Waals surface area contributed by atoms with Crippen LogP contribution in [0.3, 0.4) is 0 Å². The Bertz CT molecular complexity index is 566. The first-order valence-corrected chi connectivity index (χ1v) is 8.48. The van der Waals surface area contributed by atoms with E-state index in [4.69, 9.17) is 9.73 Å². The van der Waals surface area contributed by atoms with E-state index in [1.165, 1.54) is 6.42 Å². The average Bonchev–Trinajstić information content (AvgIpc) is 3.16. The predicted octanol–water partition coefficient (Wildman–Crippen LogP) is 2.14. The zero-order valence-corrected chi connectivity index (χ0v) is 17.0. The third kappa shape index (κ3) is 4.72. The first kappa shape index (κ1) is 19.2. The molecule has 7 heteroatoms. The Hall–Kier alpha value is -1.09. The number of ether oxygens (including phenoxy) is 1. The van der Waals surface area contributed by atoms with Crippen molar-refractivity contribution in [3.8, 4) is 0 Å². The van der Waals surface area contributed by atoms with Gasteiger partial charge < -0.3 is 20.3 Å². The summed E-state index contributed by atoms with van der Waals surface area (Å²) < 4.78 is 5.91. The molecule has 2 bridgehead atoms. The molecule has 0 saturated carbocycles. The van der Waals surface area contributed by atoms with Gasteiger partial charge in [-0.15, -0.1) is 24.0 Å². The SMILES string of the molecule is CCNC(=NCc1ccnc(N(C)C)c1)NC1CC2CCC1O2.I. The van der Waals surface area contributed by atoms with E-state index in [-0.39, 0.29) is 24.0 Å². The molecule has 2 N–H and O–H groups in total. The normalized spacial score (nSPS) is 25.3. The van der Waals surface area contributed by atoms with Gasteiger partial charge in [0.25, 0.3) is 0 Å². The zero-order chi connectivity index (χ0) is 16.2. The van der Waals surface area contributed by atoms with Gasteiger partial charge in [0, 0.05) is 26.8 Å². The highest BCUT2D eigenvalue weighted by Crippen LogP contribution is 2.34. The van der Waals surface area contributed by atoms with Crippen molar-refractivity contribution in [2.75, 3.05) is 25.5 Å². The fraction of sp³-hybridized carbons (Fsp3) is 0.647. The molecule has 3 rings (SSSR count). The maximum Gasteiger partial charge on any atom is 0.191 e. The molecule has 1 aromatic heterocycles. The maximum absolute atomic E-state index is 5.91. The summed E-state index contributed by atoms with van der Waals surface area (Å²) in [6, 6.07) is 4.48. The monoisotopic (exact) mass is 445 g/mol. The summed E-state index contributed by atoms with van der Waals surface area (Å²) in [6.07, 6.45) is 6.10. The minimum atomic E-state index is 0. The molecule has 6 nitrogen and oxygen atoms in total. The van der Waals surface area contributed by atoms with Gasteiger partial charge in [0.1, 0.15) is 5.82 Å². The maximum atomic E-state index is 5.91. The van der Waals surface area contributed by atoms with Crippen LogP contribution in [-0.4, -0.2) is 49.8 Å². The molecule has 0 amide bonds. The van der Waals surface area contributed by atoms with E-state index in [9.17, 15) is 0 Å². The highest BCUT2D eigenvalue weighted by atomic mass is 127. The number of anilines is 1. The first-order chi connectivity index (χ1) is 11.2. The number of nitrogens with zero attached hydrogens (tertiary/aromatic N) is 3. The van der Waals surface area contributed by atoms with Crippen LogP contribution in [0.2, 0.25) is 0 Å². The first-order valence-electron chi connectivity index (χ1n) is 8.48. The Morgan fingerprint density at radius 1 is 1.42 bits per heavy atom. The number of hydrogen-bond acceptors (Lipinski definition) is 4. The van der Waals surface area contributed by atoms with E-state index in [0.29, 0.717) is 24.8 Å². The van der Waals surface area contributed by atoms with Crippen molar-refractivity contribution >= 4 is 35.8 Å². The van der Waals surface area contributed by atoms with Crippen LogP contribution >= 0.6 is 24.0 Å². The summed E-state index contributed by atoms with van der Waals surface area (Å²) in [5.41, 5.74) is 1.16. The molecule has 0 spiro atoms. The minimum absolute atomic E-state index is 0. The topological polar surface area (TPSA) is 61.8 Å². The molecule has 2 aliphatic heterocycles.